The van der Waals surface area contributed by atoms with Crippen LogP contribution in [0.25, 0.3) is 0 Å². The van der Waals surface area contributed by atoms with Crippen molar-refractivity contribution < 1.29 is 14.7 Å². The topological polar surface area (TPSA) is 70.0 Å². The van der Waals surface area contributed by atoms with Gasteiger partial charge in [-0.05, 0) is 24.3 Å². The molecule has 19 heavy (non-hydrogen) atoms. The number of hydrogen-bond acceptors (Lipinski definition) is 4. The summed E-state index contributed by atoms with van der Waals surface area (Å²) in [6.45, 7) is 0. The number of carbonyl (C=O) groups excluding carboxylic acids is 1. The van der Waals surface area contributed by atoms with Crippen molar-refractivity contribution in [3.05, 3.63) is 28.7 Å². The molecule has 1 heterocycles. The molecule has 1 amide bonds. The van der Waals surface area contributed by atoms with Crippen LogP contribution in [0, 0.1) is 0 Å². The summed E-state index contributed by atoms with van der Waals surface area (Å²) in [5.74, 6) is -1.20. The highest BCUT2D eigenvalue weighted by Gasteiger charge is 2.36. The Bertz CT molecular complexity index is 544. The largest absolute Gasteiger partial charge is 0.481 e. The fourth-order valence-corrected chi connectivity index (χ4v) is 2.99. The Kier molecular flexibility index (Phi) is 4.26. The van der Waals surface area contributed by atoms with Crippen LogP contribution in [0.1, 0.15) is 6.42 Å². The second-order valence-corrected chi connectivity index (χ2v) is 6.06. The third-order valence-electron chi connectivity index (χ3n) is 2.55. The van der Waals surface area contributed by atoms with E-state index in [2.05, 4.69) is 20.9 Å². The molecule has 0 saturated carbocycles. The molecule has 100 valence electrons. The third-order valence-corrected chi connectivity index (χ3v) is 4.31. The number of carboxylic acids is 1. The lowest BCUT2D eigenvalue weighted by Crippen LogP contribution is -2.28. The predicted octanol–water partition coefficient (Wildman–Crippen LogP) is 2.49. The Morgan fingerprint density at radius 2 is 2.11 bits per heavy atom. The number of carboxylic acid groups (broad SMARTS) is 1. The molecule has 0 aromatic heterocycles. The highest BCUT2D eigenvalue weighted by atomic mass is 79.9. The van der Waals surface area contributed by atoms with Crippen LogP contribution in [0.15, 0.2) is 33.7 Å². The van der Waals surface area contributed by atoms with Crippen molar-refractivity contribution in [2.75, 3.05) is 7.05 Å². The van der Waals surface area contributed by atoms with Crippen molar-refractivity contribution in [3.63, 3.8) is 0 Å². The van der Waals surface area contributed by atoms with Crippen LogP contribution in [0.4, 0.5) is 5.69 Å². The van der Waals surface area contributed by atoms with Crippen LogP contribution in [-0.4, -0.2) is 39.3 Å². The molecule has 1 aromatic rings. The maximum Gasteiger partial charge on any atom is 0.305 e. The molecule has 5 nitrogen and oxygen atoms in total. The van der Waals surface area contributed by atoms with Gasteiger partial charge < -0.3 is 5.11 Å². The number of rotatable bonds is 3. The van der Waals surface area contributed by atoms with E-state index in [1.165, 1.54) is 16.7 Å². The minimum atomic E-state index is -0.982. The second-order valence-electron chi connectivity index (χ2n) is 3.97. The average molecular weight is 343 g/mol. The van der Waals surface area contributed by atoms with Gasteiger partial charge >= 0.3 is 5.97 Å². The molecule has 1 fully saturated rings. The third kappa shape index (κ3) is 3.36. The summed E-state index contributed by atoms with van der Waals surface area (Å²) in [4.78, 5) is 28.3. The summed E-state index contributed by atoms with van der Waals surface area (Å²) in [5, 5.41) is 8.70. The van der Waals surface area contributed by atoms with E-state index in [4.69, 9.17) is 5.11 Å². The molecule has 1 aliphatic heterocycles. The van der Waals surface area contributed by atoms with Gasteiger partial charge in [0.2, 0.25) is 5.91 Å². The Balaban J connectivity index is 2.19. The molecule has 1 aliphatic rings. The zero-order chi connectivity index (χ0) is 14.0. The van der Waals surface area contributed by atoms with Gasteiger partial charge in [-0.15, -0.1) is 0 Å². The first-order valence-corrected chi connectivity index (χ1v) is 7.15. The highest BCUT2D eigenvalue weighted by molar-refractivity contribution is 9.10. The number of aliphatic carboxylic acids is 1. The number of hydrogen-bond donors (Lipinski definition) is 1. The highest BCUT2D eigenvalue weighted by Crippen LogP contribution is 2.30. The Morgan fingerprint density at radius 1 is 1.47 bits per heavy atom. The van der Waals surface area contributed by atoms with E-state index in [1.807, 2.05) is 24.3 Å². The van der Waals surface area contributed by atoms with Crippen molar-refractivity contribution in [1.29, 1.82) is 0 Å². The summed E-state index contributed by atoms with van der Waals surface area (Å²) in [6.07, 6.45) is -0.187. The van der Waals surface area contributed by atoms with Crippen LogP contribution in [-0.2, 0) is 9.59 Å². The van der Waals surface area contributed by atoms with Crippen molar-refractivity contribution in [2.24, 2.45) is 4.99 Å². The first-order chi connectivity index (χ1) is 8.97. The Morgan fingerprint density at radius 3 is 2.68 bits per heavy atom. The van der Waals surface area contributed by atoms with Crippen LogP contribution in [0.5, 0.6) is 0 Å². The second kappa shape index (κ2) is 5.75. The number of benzene rings is 1. The van der Waals surface area contributed by atoms with E-state index in [1.54, 1.807) is 7.05 Å². The molecule has 7 heteroatoms. The van der Waals surface area contributed by atoms with Crippen molar-refractivity contribution in [3.8, 4) is 0 Å². The van der Waals surface area contributed by atoms with E-state index in [0.717, 1.165) is 10.2 Å². The van der Waals surface area contributed by atoms with Gasteiger partial charge in [-0.25, -0.2) is 4.99 Å². The zero-order valence-corrected chi connectivity index (χ0v) is 12.4. The summed E-state index contributed by atoms with van der Waals surface area (Å²) in [7, 11) is 1.61. The lowest BCUT2D eigenvalue weighted by atomic mass is 10.3. The molecule has 0 bridgehead atoms. The lowest BCUT2D eigenvalue weighted by Gasteiger charge is -2.08. The summed E-state index contributed by atoms with van der Waals surface area (Å²) in [6, 6.07) is 7.35. The fourth-order valence-electron chi connectivity index (χ4n) is 1.58. The van der Waals surface area contributed by atoms with Crippen LogP contribution in [0.3, 0.4) is 0 Å². The van der Waals surface area contributed by atoms with Crippen LogP contribution in [0.2, 0.25) is 0 Å². The van der Waals surface area contributed by atoms with Gasteiger partial charge in [0.05, 0.1) is 12.1 Å². The zero-order valence-electron chi connectivity index (χ0n) is 10.0. The van der Waals surface area contributed by atoms with E-state index in [0.29, 0.717) is 5.17 Å². The molecule has 1 unspecified atom stereocenters. The Hall–Kier alpha value is -1.34. The molecule has 0 aliphatic carbocycles. The molecule has 0 radical (unpaired) electrons. The number of thioether (sulfide) groups is 1. The van der Waals surface area contributed by atoms with E-state index < -0.39 is 11.2 Å². The number of carbonyl (C=O) groups is 2. The summed E-state index contributed by atoms with van der Waals surface area (Å²) in [5.41, 5.74) is 0.723. The van der Waals surface area contributed by atoms with E-state index in [9.17, 15) is 9.59 Å². The van der Waals surface area contributed by atoms with Gasteiger partial charge in [-0.3, -0.25) is 14.5 Å². The predicted molar refractivity (Wildman–Crippen MR) is 77.6 cm³/mol. The van der Waals surface area contributed by atoms with Crippen LogP contribution < -0.4 is 0 Å². The number of amides is 1. The van der Waals surface area contributed by atoms with Gasteiger partial charge in [0.1, 0.15) is 5.25 Å². The maximum absolute atomic E-state index is 11.8. The number of nitrogens with zero attached hydrogens (tertiary/aromatic N) is 2. The lowest BCUT2D eigenvalue weighted by molar-refractivity contribution is -0.139. The maximum atomic E-state index is 11.8. The first-order valence-electron chi connectivity index (χ1n) is 5.47. The minimum Gasteiger partial charge on any atom is -0.481 e. The number of aliphatic imine (C=N–C) groups is 1. The van der Waals surface area contributed by atoms with E-state index >= 15 is 0 Å². The Labute approximate surface area is 122 Å². The molecule has 1 saturated heterocycles. The monoisotopic (exact) mass is 342 g/mol. The quantitative estimate of drug-likeness (QED) is 0.915. The number of amidine groups is 1. The number of halogens is 1. The van der Waals surface area contributed by atoms with Gasteiger partial charge in [-0.2, -0.15) is 0 Å². The first kappa shape index (κ1) is 14.1. The van der Waals surface area contributed by atoms with E-state index in [-0.39, 0.29) is 12.3 Å². The molecular formula is C12H11BrN2O3S. The van der Waals surface area contributed by atoms with Crippen molar-refractivity contribution in [2.45, 2.75) is 11.7 Å². The van der Waals surface area contributed by atoms with Gasteiger partial charge in [-0.1, -0.05) is 27.7 Å². The normalized spacial score (nSPS) is 21.2. The van der Waals surface area contributed by atoms with Crippen molar-refractivity contribution in [1.82, 2.24) is 4.90 Å². The summed E-state index contributed by atoms with van der Waals surface area (Å²) < 4.78 is 0.948. The molecule has 2 rings (SSSR count). The van der Waals surface area contributed by atoms with Crippen LogP contribution >= 0.6 is 27.7 Å². The van der Waals surface area contributed by atoms with Crippen molar-refractivity contribution >= 4 is 50.4 Å². The standard InChI is InChI=1S/C12H11BrN2O3S/c1-15-11(18)9(6-10(16)17)19-12(15)14-8-4-2-7(13)3-5-8/h2-5,9H,6H2,1H3,(H,16,17). The van der Waals surface area contributed by atoms with Gasteiger partial charge in [0.25, 0.3) is 0 Å². The fraction of sp³-hybridized carbons (Fsp3) is 0.250. The smallest absolute Gasteiger partial charge is 0.305 e. The molecule has 0 spiro atoms. The minimum absolute atomic E-state index is 0.187. The average Bonchev–Trinajstić information content (AvgIpc) is 2.60. The van der Waals surface area contributed by atoms with Gasteiger partial charge in [0, 0.05) is 11.5 Å². The molecule has 1 atom stereocenters. The molecular weight excluding hydrogens is 332 g/mol. The summed E-state index contributed by atoms with van der Waals surface area (Å²) >= 11 is 4.52. The SMILES string of the molecule is CN1C(=O)C(CC(=O)O)SC1=Nc1ccc(Br)cc1. The molecule has 1 aromatic carbocycles. The molecule has 1 N–H and O–H groups in total. The van der Waals surface area contributed by atoms with Gasteiger partial charge in [0.15, 0.2) is 5.17 Å².